The predicted molar refractivity (Wildman–Crippen MR) is 81.6 cm³/mol. The first-order valence-electron chi connectivity index (χ1n) is 6.72. The van der Waals surface area contributed by atoms with Crippen molar-refractivity contribution in [1.29, 1.82) is 0 Å². The highest BCUT2D eigenvalue weighted by atomic mass is 16.5. The second kappa shape index (κ2) is 10.2. The summed E-state index contributed by atoms with van der Waals surface area (Å²) in [6.07, 6.45) is 6.98. The molecule has 0 aromatic heterocycles. The SMILES string of the molecule is COc1cccc(C[C@H](CC/C=C/CO)N[B]C=O)c1. The molecule has 0 amide bonds. The Balaban J connectivity index is 2.57. The molecule has 1 aromatic carbocycles. The first-order chi connectivity index (χ1) is 9.80. The number of aliphatic hydroxyl groups excluding tert-OH is 1. The highest BCUT2D eigenvalue weighted by Crippen LogP contribution is 2.15. The number of rotatable bonds is 10. The fraction of sp³-hybridized carbons (Fsp3) is 0.400. The quantitative estimate of drug-likeness (QED) is 0.384. The second-order valence-corrected chi connectivity index (χ2v) is 4.45. The number of methoxy groups -OCH3 is 1. The standard InChI is InChI=1S/C15H21BNO3/c1-20-15-8-5-6-13(11-15)10-14(17-16-12-19)7-3-2-4-9-18/h2,4-6,8,11-12,14,17-18H,3,7,9-10H2,1H3/b4-2+/t14-/m0/s1. The largest absolute Gasteiger partial charge is 0.497 e. The van der Waals surface area contributed by atoms with Crippen LogP contribution in [0.2, 0.25) is 0 Å². The van der Waals surface area contributed by atoms with E-state index in [2.05, 4.69) is 5.23 Å². The van der Waals surface area contributed by atoms with Crippen molar-refractivity contribution in [3.63, 3.8) is 0 Å². The Kier molecular flexibility index (Phi) is 8.43. The minimum atomic E-state index is 0.0639. The van der Waals surface area contributed by atoms with Crippen molar-refractivity contribution in [3.8, 4) is 5.75 Å². The Morgan fingerprint density at radius 2 is 2.30 bits per heavy atom. The zero-order chi connectivity index (χ0) is 14.6. The van der Waals surface area contributed by atoms with Gasteiger partial charge in [0.1, 0.15) is 5.75 Å². The Labute approximate surface area is 121 Å². The number of carbonyl (C=O) groups is 1. The van der Waals surface area contributed by atoms with Crippen LogP contribution >= 0.6 is 0 Å². The fourth-order valence-electron chi connectivity index (χ4n) is 1.99. The first kappa shape index (κ1) is 16.5. The molecule has 1 radical (unpaired) electrons. The van der Waals surface area contributed by atoms with Crippen molar-refractivity contribution in [3.05, 3.63) is 42.0 Å². The Morgan fingerprint density at radius 1 is 1.45 bits per heavy atom. The summed E-state index contributed by atoms with van der Waals surface area (Å²) in [6, 6.07) is 8.09. The fourth-order valence-corrected chi connectivity index (χ4v) is 1.99. The molecule has 20 heavy (non-hydrogen) atoms. The van der Waals surface area contributed by atoms with E-state index >= 15 is 0 Å². The van der Waals surface area contributed by atoms with E-state index in [1.165, 1.54) is 7.41 Å². The smallest absolute Gasteiger partial charge is 0.290 e. The molecule has 1 atom stereocenters. The number of allylic oxidation sites excluding steroid dienone is 1. The number of benzene rings is 1. The highest BCUT2D eigenvalue weighted by Gasteiger charge is 2.09. The van der Waals surface area contributed by atoms with Crippen molar-refractivity contribution in [2.45, 2.75) is 25.3 Å². The summed E-state index contributed by atoms with van der Waals surface area (Å²) in [5.74, 6) is 0.834. The summed E-state index contributed by atoms with van der Waals surface area (Å²) < 4.78 is 5.21. The number of hydrogen-bond donors (Lipinski definition) is 2. The van der Waals surface area contributed by atoms with E-state index in [0.29, 0.717) is 0 Å². The van der Waals surface area contributed by atoms with Gasteiger partial charge in [-0.25, -0.2) is 0 Å². The van der Waals surface area contributed by atoms with Crippen LogP contribution in [0.1, 0.15) is 18.4 Å². The minimum Gasteiger partial charge on any atom is -0.497 e. The van der Waals surface area contributed by atoms with Gasteiger partial charge in [-0.3, -0.25) is 0 Å². The molecule has 107 valence electrons. The van der Waals surface area contributed by atoms with E-state index < -0.39 is 0 Å². The Hall–Kier alpha value is -1.59. The maximum atomic E-state index is 10.5. The van der Waals surface area contributed by atoms with Gasteiger partial charge in [0, 0.05) is 6.04 Å². The summed E-state index contributed by atoms with van der Waals surface area (Å²) in [5, 5.41) is 11.8. The van der Waals surface area contributed by atoms with Crippen LogP contribution in [0.5, 0.6) is 5.75 Å². The van der Waals surface area contributed by atoms with Gasteiger partial charge in [0.05, 0.1) is 19.9 Å². The van der Waals surface area contributed by atoms with Gasteiger partial charge in [0.15, 0.2) is 0 Å². The number of nitrogens with one attached hydrogen (secondary N) is 1. The normalized spacial score (nSPS) is 12.3. The van der Waals surface area contributed by atoms with E-state index in [-0.39, 0.29) is 12.6 Å². The zero-order valence-corrected chi connectivity index (χ0v) is 11.8. The van der Waals surface area contributed by atoms with Crippen molar-refractivity contribution in [1.82, 2.24) is 5.23 Å². The monoisotopic (exact) mass is 274 g/mol. The highest BCUT2D eigenvalue weighted by molar-refractivity contribution is 6.64. The van der Waals surface area contributed by atoms with E-state index in [0.717, 1.165) is 36.8 Å². The molecule has 0 aliphatic heterocycles. The topological polar surface area (TPSA) is 58.6 Å². The van der Waals surface area contributed by atoms with Gasteiger partial charge in [-0.2, -0.15) is 0 Å². The van der Waals surface area contributed by atoms with Gasteiger partial charge in [-0.15, -0.1) is 0 Å². The summed E-state index contributed by atoms with van der Waals surface area (Å²) in [5.41, 5.74) is 1.16. The molecule has 0 fully saturated rings. The maximum absolute atomic E-state index is 10.5. The second-order valence-electron chi connectivity index (χ2n) is 4.45. The van der Waals surface area contributed by atoms with E-state index in [4.69, 9.17) is 9.84 Å². The van der Waals surface area contributed by atoms with Gasteiger partial charge >= 0.3 is 0 Å². The van der Waals surface area contributed by atoms with Crippen LogP contribution in [0, 0.1) is 0 Å². The predicted octanol–water partition coefficient (Wildman–Crippen LogP) is 1.33. The molecule has 0 bridgehead atoms. The molecule has 0 aliphatic rings. The third-order valence-corrected chi connectivity index (χ3v) is 2.97. The van der Waals surface area contributed by atoms with Crippen molar-refractivity contribution in [2.75, 3.05) is 13.7 Å². The molecular formula is C15H21BNO3. The minimum absolute atomic E-state index is 0.0639. The number of aliphatic hydroxyl groups is 1. The number of ether oxygens (including phenoxy) is 1. The van der Waals surface area contributed by atoms with Gasteiger partial charge < -0.3 is 19.9 Å². The number of hydrogen-bond acceptors (Lipinski definition) is 4. The number of carbonyl (C=O) groups excluding carboxylic acids is 1. The molecule has 0 spiro atoms. The Morgan fingerprint density at radius 3 is 3.00 bits per heavy atom. The lowest BCUT2D eigenvalue weighted by molar-refractivity contribution is 0.342. The zero-order valence-electron chi connectivity index (χ0n) is 11.8. The molecule has 0 saturated heterocycles. The molecule has 0 heterocycles. The molecule has 1 aromatic rings. The molecule has 2 N–H and O–H groups in total. The molecule has 1 rings (SSSR count). The summed E-state index contributed by atoms with van der Waals surface area (Å²) in [6.45, 7) is 0.0639. The molecule has 0 aliphatic carbocycles. The lowest BCUT2D eigenvalue weighted by atomic mass is 9.92. The van der Waals surface area contributed by atoms with Crippen LogP contribution in [0.15, 0.2) is 36.4 Å². The molecular weight excluding hydrogens is 253 g/mol. The van der Waals surface area contributed by atoms with Gasteiger partial charge in [-0.05, 0) is 37.0 Å². The van der Waals surface area contributed by atoms with Crippen LogP contribution in [-0.2, 0) is 11.2 Å². The van der Waals surface area contributed by atoms with E-state index in [1.807, 2.05) is 30.3 Å². The van der Waals surface area contributed by atoms with Crippen LogP contribution in [0.25, 0.3) is 0 Å². The lowest BCUT2D eigenvalue weighted by Crippen LogP contribution is -2.34. The van der Waals surface area contributed by atoms with E-state index in [9.17, 15) is 4.79 Å². The van der Waals surface area contributed by atoms with Crippen molar-refractivity contribution in [2.24, 2.45) is 0 Å². The Bertz CT molecular complexity index is 423. The average Bonchev–Trinajstić information content (AvgIpc) is 2.49. The third-order valence-electron chi connectivity index (χ3n) is 2.97. The lowest BCUT2D eigenvalue weighted by Gasteiger charge is -2.17. The van der Waals surface area contributed by atoms with Gasteiger partial charge in [0.25, 0.3) is 7.41 Å². The summed E-state index contributed by atoms with van der Waals surface area (Å²) in [7, 11) is 3.08. The van der Waals surface area contributed by atoms with Crippen molar-refractivity contribution >= 4 is 13.6 Å². The summed E-state index contributed by atoms with van der Waals surface area (Å²) in [4.78, 5) is 10.5. The van der Waals surface area contributed by atoms with Crippen LogP contribution in [0.3, 0.4) is 0 Å². The molecule has 0 unspecified atom stereocenters. The van der Waals surface area contributed by atoms with Gasteiger partial charge in [-0.1, -0.05) is 24.3 Å². The molecule has 4 nitrogen and oxygen atoms in total. The average molecular weight is 274 g/mol. The third kappa shape index (κ3) is 6.54. The first-order valence-corrected chi connectivity index (χ1v) is 6.72. The van der Waals surface area contributed by atoms with Gasteiger partial charge in [0.2, 0.25) is 0 Å². The maximum Gasteiger partial charge on any atom is 0.290 e. The van der Waals surface area contributed by atoms with Crippen LogP contribution < -0.4 is 9.96 Å². The van der Waals surface area contributed by atoms with Crippen LogP contribution in [0.4, 0.5) is 0 Å². The van der Waals surface area contributed by atoms with E-state index in [1.54, 1.807) is 13.2 Å². The molecule has 0 saturated carbocycles. The van der Waals surface area contributed by atoms with Crippen molar-refractivity contribution < 1.29 is 14.6 Å². The van der Waals surface area contributed by atoms with Crippen LogP contribution in [-0.4, -0.2) is 38.5 Å². The summed E-state index contributed by atoms with van der Waals surface area (Å²) >= 11 is 0. The molecule has 5 heteroatoms.